The van der Waals surface area contributed by atoms with Gasteiger partial charge in [-0.1, -0.05) is 19.1 Å². The lowest BCUT2D eigenvalue weighted by Gasteiger charge is -2.07. The molecule has 0 fully saturated rings. The summed E-state index contributed by atoms with van der Waals surface area (Å²) in [6.45, 7) is 1.64. The highest BCUT2D eigenvalue weighted by Gasteiger charge is 2.11. The minimum atomic E-state index is -0.829. The number of carbonyl (C=O) groups excluding carboxylic acids is 1. The van der Waals surface area contributed by atoms with E-state index in [2.05, 4.69) is 5.32 Å². The molecule has 1 rings (SSSR count). The van der Waals surface area contributed by atoms with Gasteiger partial charge in [0, 0.05) is 17.9 Å². The molecule has 0 aliphatic heterocycles. The predicted octanol–water partition coefficient (Wildman–Crippen LogP) is 2.34. The Balaban J connectivity index is 2.34. The van der Waals surface area contributed by atoms with Crippen LogP contribution in [0.1, 0.15) is 18.9 Å². The molecule has 0 bridgehead atoms. The predicted molar refractivity (Wildman–Crippen MR) is 78.5 cm³/mol. The van der Waals surface area contributed by atoms with E-state index in [0.717, 1.165) is 0 Å². The average Bonchev–Trinajstić information content (AvgIpc) is 2.43. The fourth-order valence-corrected chi connectivity index (χ4v) is 2.39. The van der Waals surface area contributed by atoms with Gasteiger partial charge in [0.15, 0.2) is 0 Å². The molecule has 0 aliphatic rings. The van der Waals surface area contributed by atoms with E-state index in [4.69, 9.17) is 10.4 Å². The number of carbonyl (C=O) groups is 2. The average molecular weight is 292 g/mol. The van der Waals surface area contributed by atoms with Crippen LogP contribution in [0.15, 0.2) is 24.3 Å². The van der Waals surface area contributed by atoms with Crippen LogP contribution in [0, 0.1) is 17.2 Å². The first-order chi connectivity index (χ1) is 9.54. The number of amides is 1. The molecule has 0 heterocycles. The van der Waals surface area contributed by atoms with Crippen molar-refractivity contribution in [2.75, 3.05) is 16.8 Å². The van der Waals surface area contributed by atoms with E-state index < -0.39 is 11.9 Å². The van der Waals surface area contributed by atoms with Crippen LogP contribution in [0.2, 0.25) is 0 Å². The molecule has 1 unspecified atom stereocenters. The van der Waals surface area contributed by atoms with Gasteiger partial charge in [-0.25, -0.2) is 0 Å². The lowest BCUT2D eigenvalue weighted by molar-refractivity contribution is -0.140. The van der Waals surface area contributed by atoms with Crippen LogP contribution in [0.5, 0.6) is 0 Å². The Morgan fingerprint density at radius 3 is 2.80 bits per heavy atom. The van der Waals surface area contributed by atoms with Crippen molar-refractivity contribution in [3.05, 3.63) is 29.8 Å². The van der Waals surface area contributed by atoms with Crippen molar-refractivity contribution in [3.8, 4) is 6.07 Å². The van der Waals surface area contributed by atoms with Crippen LogP contribution in [0.4, 0.5) is 5.69 Å². The number of para-hydroxylation sites is 1. The van der Waals surface area contributed by atoms with Gasteiger partial charge in [-0.2, -0.15) is 17.0 Å². The van der Waals surface area contributed by atoms with E-state index in [1.165, 1.54) is 11.8 Å². The van der Waals surface area contributed by atoms with Crippen molar-refractivity contribution in [1.82, 2.24) is 0 Å². The van der Waals surface area contributed by atoms with Gasteiger partial charge in [-0.15, -0.1) is 0 Å². The zero-order valence-corrected chi connectivity index (χ0v) is 11.9. The van der Waals surface area contributed by atoms with E-state index in [0.29, 0.717) is 22.8 Å². The Bertz CT molecular complexity index is 525. The minimum absolute atomic E-state index is 0.178. The maximum absolute atomic E-state index is 11.7. The lowest BCUT2D eigenvalue weighted by Crippen LogP contribution is -2.15. The van der Waals surface area contributed by atoms with Crippen LogP contribution in [0.25, 0.3) is 0 Å². The van der Waals surface area contributed by atoms with E-state index in [9.17, 15) is 9.59 Å². The topological polar surface area (TPSA) is 90.2 Å². The summed E-state index contributed by atoms with van der Waals surface area (Å²) in [4.78, 5) is 22.3. The maximum Gasteiger partial charge on any atom is 0.307 e. The molecule has 0 spiro atoms. The number of benzene rings is 1. The Labute approximate surface area is 122 Å². The standard InChI is InChI=1S/C14H16N2O3S/c1-10(14(18)19)9-20-7-6-13(17)16-12-5-3-2-4-11(12)8-15/h2-5,10H,6-7,9H2,1H3,(H,16,17)(H,18,19). The van der Waals surface area contributed by atoms with Crippen LogP contribution in [-0.4, -0.2) is 28.5 Å². The molecule has 1 aromatic carbocycles. The highest BCUT2D eigenvalue weighted by atomic mass is 32.2. The molecule has 106 valence electrons. The van der Waals surface area contributed by atoms with Crippen molar-refractivity contribution in [2.24, 2.45) is 5.92 Å². The molecule has 1 aromatic rings. The summed E-state index contributed by atoms with van der Waals surface area (Å²) in [5.41, 5.74) is 0.928. The summed E-state index contributed by atoms with van der Waals surface area (Å²) in [5, 5.41) is 20.3. The quantitative estimate of drug-likeness (QED) is 0.753. The van der Waals surface area contributed by atoms with Crippen molar-refractivity contribution in [2.45, 2.75) is 13.3 Å². The molecule has 0 saturated carbocycles. The van der Waals surface area contributed by atoms with E-state index in [1.54, 1.807) is 31.2 Å². The second-order valence-electron chi connectivity index (χ2n) is 4.27. The molecule has 6 heteroatoms. The monoisotopic (exact) mass is 292 g/mol. The molecular formula is C14H16N2O3S. The third-order valence-electron chi connectivity index (χ3n) is 2.58. The molecule has 2 N–H and O–H groups in total. The second kappa shape index (κ2) is 8.23. The maximum atomic E-state index is 11.7. The molecule has 0 aromatic heterocycles. The van der Waals surface area contributed by atoms with Crippen molar-refractivity contribution < 1.29 is 14.7 Å². The largest absolute Gasteiger partial charge is 0.481 e. The first kappa shape index (κ1) is 16.1. The Morgan fingerprint density at radius 1 is 1.45 bits per heavy atom. The lowest BCUT2D eigenvalue weighted by atomic mass is 10.2. The number of rotatable bonds is 7. The highest BCUT2D eigenvalue weighted by Crippen LogP contribution is 2.15. The molecule has 0 aliphatic carbocycles. The van der Waals surface area contributed by atoms with Gasteiger partial charge in [0.2, 0.25) is 5.91 Å². The van der Waals surface area contributed by atoms with Crippen molar-refractivity contribution >= 4 is 29.3 Å². The molecule has 0 saturated heterocycles. The summed E-state index contributed by atoms with van der Waals surface area (Å²) in [5.74, 6) is -0.384. The second-order valence-corrected chi connectivity index (χ2v) is 5.42. The summed E-state index contributed by atoms with van der Waals surface area (Å²) in [6, 6.07) is 8.81. The zero-order chi connectivity index (χ0) is 15.0. The summed E-state index contributed by atoms with van der Waals surface area (Å²) in [6.07, 6.45) is 0.288. The van der Waals surface area contributed by atoms with Gasteiger partial charge in [-0.05, 0) is 12.1 Å². The summed E-state index contributed by atoms with van der Waals surface area (Å²) < 4.78 is 0. The van der Waals surface area contributed by atoms with E-state index >= 15 is 0 Å². The molecule has 5 nitrogen and oxygen atoms in total. The summed E-state index contributed by atoms with van der Waals surface area (Å²) >= 11 is 1.43. The van der Waals surface area contributed by atoms with Gasteiger partial charge in [-0.3, -0.25) is 9.59 Å². The van der Waals surface area contributed by atoms with Gasteiger partial charge < -0.3 is 10.4 Å². The SMILES string of the molecule is CC(CSCCC(=O)Nc1ccccc1C#N)C(=O)O. The molecule has 1 amide bonds. The van der Waals surface area contributed by atoms with Crippen LogP contribution >= 0.6 is 11.8 Å². The number of carboxylic acid groups (broad SMARTS) is 1. The normalized spacial score (nSPS) is 11.4. The number of nitriles is 1. The highest BCUT2D eigenvalue weighted by molar-refractivity contribution is 7.99. The van der Waals surface area contributed by atoms with Crippen LogP contribution in [-0.2, 0) is 9.59 Å². The van der Waals surface area contributed by atoms with Gasteiger partial charge in [0.05, 0.1) is 17.2 Å². The van der Waals surface area contributed by atoms with Gasteiger partial charge in [0.1, 0.15) is 6.07 Å². The molecule has 0 radical (unpaired) electrons. The third-order valence-corrected chi connectivity index (χ3v) is 3.81. The van der Waals surface area contributed by atoms with E-state index in [-0.39, 0.29) is 12.3 Å². The number of aliphatic carboxylic acids is 1. The number of hydrogen-bond donors (Lipinski definition) is 2. The first-order valence-corrected chi connectivity index (χ1v) is 7.29. The number of anilines is 1. The fourth-order valence-electron chi connectivity index (χ4n) is 1.40. The number of carboxylic acids is 1. The van der Waals surface area contributed by atoms with Gasteiger partial charge >= 0.3 is 5.97 Å². The minimum Gasteiger partial charge on any atom is -0.481 e. The van der Waals surface area contributed by atoms with Crippen LogP contribution < -0.4 is 5.32 Å². The van der Waals surface area contributed by atoms with Crippen molar-refractivity contribution in [1.29, 1.82) is 5.26 Å². The van der Waals surface area contributed by atoms with Gasteiger partial charge in [0.25, 0.3) is 0 Å². The third kappa shape index (κ3) is 5.33. The van der Waals surface area contributed by atoms with E-state index in [1.807, 2.05) is 6.07 Å². The first-order valence-electron chi connectivity index (χ1n) is 6.14. The molecule has 1 atom stereocenters. The summed E-state index contributed by atoms with van der Waals surface area (Å²) in [7, 11) is 0. The number of thioether (sulfide) groups is 1. The Morgan fingerprint density at radius 2 is 2.15 bits per heavy atom. The van der Waals surface area contributed by atoms with Crippen molar-refractivity contribution in [3.63, 3.8) is 0 Å². The Hall–Kier alpha value is -2.00. The number of hydrogen-bond acceptors (Lipinski definition) is 4. The Kier molecular flexibility index (Phi) is 6.60. The molecule has 20 heavy (non-hydrogen) atoms. The molecular weight excluding hydrogens is 276 g/mol. The van der Waals surface area contributed by atoms with Crippen LogP contribution in [0.3, 0.4) is 0 Å². The smallest absolute Gasteiger partial charge is 0.307 e. The number of nitrogens with one attached hydrogen (secondary N) is 1. The number of nitrogens with zero attached hydrogens (tertiary/aromatic N) is 1. The zero-order valence-electron chi connectivity index (χ0n) is 11.1. The fraction of sp³-hybridized carbons (Fsp3) is 0.357.